The summed E-state index contributed by atoms with van der Waals surface area (Å²) in [6, 6.07) is 11.5. The van der Waals surface area contributed by atoms with Crippen LogP contribution in [0.2, 0.25) is 0 Å². The third-order valence-corrected chi connectivity index (χ3v) is 3.90. The zero-order valence-corrected chi connectivity index (χ0v) is 14.0. The Hall–Kier alpha value is -3.15. The normalized spacial score (nSPS) is 10.6. The molecule has 0 aliphatic heterocycles. The molecule has 128 valence electrons. The molecule has 1 aromatic carbocycles. The molecule has 0 saturated carbocycles. The molecule has 0 unspecified atom stereocenters. The van der Waals surface area contributed by atoms with Crippen molar-refractivity contribution in [3.05, 3.63) is 60.6 Å². The number of pyridine rings is 1. The van der Waals surface area contributed by atoms with Crippen LogP contribution < -0.4 is 10.6 Å². The number of aromatic nitrogens is 2. The van der Waals surface area contributed by atoms with E-state index < -0.39 is 0 Å². The van der Waals surface area contributed by atoms with Crippen molar-refractivity contribution in [2.45, 2.75) is 19.9 Å². The molecule has 0 radical (unpaired) electrons. The lowest BCUT2D eigenvalue weighted by atomic mass is 10.1. The van der Waals surface area contributed by atoms with E-state index in [1.165, 1.54) is 6.92 Å². The van der Waals surface area contributed by atoms with E-state index in [9.17, 15) is 9.59 Å². The maximum Gasteiger partial charge on any atom is 0.244 e. The number of benzene rings is 1. The highest BCUT2D eigenvalue weighted by Gasteiger charge is 2.11. The van der Waals surface area contributed by atoms with Crippen LogP contribution in [0.3, 0.4) is 0 Å². The van der Waals surface area contributed by atoms with Crippen LogP contribution in [0.15, 0.2) is 55.0 Å². The molecule has 2 heterocycles. The zero-order valence-electron chi connectivity index (χ0n) is 14.0. The van der Waals surface area contributed by atoms with Gasteiger partial charge in [-0.15, -0.1) is 0 Å². The number of carbonyl (C=O) groups excluding carboxylic acids is 2. The summed E-state index contributed by atoms with van der Waals surface area (Å²) >= 11 is 0. The molecule has 6 heteroatoms. The van der Waals surface area contributed by atoms with E-state index in [1.807, 2.05) is 35.0 Å². The smallest absolute Gasteiger partial charge is 0.244 e. The van der Waals surface area contributed by atoms with Crippen LogP contribution >= 0.6 is 0 Å². The van der Waals surface area contributed by atoms with Gasteiger partial charge in [0.2, 0.25) is 11.8 Å². The molecule has 6 nitrogen and oxygen atoms in total. The molecule has 0 atom stereocenters. The molecule has 0 bridgehead atoms. The van der Waals surface area contributed by atoms with Gasteiger partial charge in [-0.2, -0.15) is 0 Å². The lowest BCUT2D eigenvalue weighted by molar-refractivity contribution is -0.119. The van der Waals surface area contributed by atoms with Crippen LogP contribution in [0, 0.1) is 0 Å². The summed E-state index contributed by atoms with van der Waals surface area (Å²) in [5, 5.41) is 6.75. The predicted octanol–water partition coefficient (Wildman–Crippen LogP) is 2.35. The van der Waals surface area contributed by atoms with Crippen molar-refractivity contribution in [2.24, 2.45) is 0 Å². The second-order valence-corrected chi connectivity index (χ2v) is 5.82. The number of rotatable bonds is 6. The fourth-order valence-electron chi connectivity index (χ4n) is 2.82. The Morgan fingerprint density at radius 2 is 2.00 bits per heavy atom. The van der Waals surface area contributed by atoms with Crippen LogP contribution in [0.25, 0.3) is 10.9 Å². The summed E-state index contributed by atoms with van der Waals surface area (Å²) < 4.78 is 1.93. The van der Waals surface area contributed by atoms with Crippen molar-refractivity contribution in [3.63, 3.8) is 0 Å². The third kappa shape index (κ3) is 4.23. The van der Waals surface area contributed by atoms with E-state index in [0.29, 0.717) is 12.2 Å². The average molecular weight is 336 g/mol. The SMILES string of the molecule is CC(=O)NCCc1cn(CC(=O)Nc2cccnc2)c2ccccc12. The molecule has 2 aromatic heterocycles. The Kier molecular flexibility index (Phi) is 5.09. The number of fused-ring (bicyclic) bond motifs is 1. The van der Waals surface area contributed by atoms with Crippen molar-refractivity contribution in [1.82, 2.24) is 14.9 Å². The van der Waals surface area contributed by atoms with Crippen molar-refractivity contribution >= 4 is 28.4 Å². The Balaban J connectivity index is 1.76. The highest BCUT2D eigenvalue weighted by molar-refractivity contribution is 5.92. The monoisotopic (exact) mass is 336 g/mol. The first-order valence-electron chi connectivity index (χ1n) is 8.14. The summed E-state index contributed by atoms with van der Waals surface area (Å²) in [5.74, 6) is -0.151. The first-order valence-corrected chi connectivity index (χ1v) is 8.14. The Bertz CT molecular complexity index is 887. The Morgan fingerprint density at radius 1 is 1.16 bits per heavy atom. The number of anilines is 1. The van der Waals surface area contributed by atoms with E-state index in [-0.39, 0.29) is 18.4 Å². The number of hydrogen-bond acceptors (Lipinski definition) is 3. The minimum absolute atomic E-state index is 0.0420. The molecule has 3 rings (SSSR count). The van der Waals surface area contributed by atoms with Gasteiger partial charge in [0.1, 0.15) is 6.54 Å². The van der Waals surface area contributed by atoms with Gasteiger partial charge < -0.3 is 15.2 Å². The fourth-order valence-corrected chi connectivity index (χ4v) is 2.82. The summed E-state index contributed by atoms with van der Waals surface area (Å²) in [4.78, 5) is 27.4. The van der Waals surface area contributed by atoms with Gasteiger partial charge in [-0.1, -0.05) is 18.2 Å². The van der Waals surface area contributed by atoms with E-state index >= 15 is 0 Å². The fraction of sp³-hybridized carbons (Fsp3) is 0.211. The van der Waals surface area contributed by atoms with Gasteiger partial charge >= 0.3 is 0 Å². The average Bonchev–Trinajstić information content (AvgIpc) is 2.93. The summed E-state index contributed by atoms with van der Waals surface area (Å²) in [6.07, 6.45) is 5.98. The Morgan fingerprint density at radius 3 is 2.76 bits per heavy atom. The molecular weight excluding hydrogens is 316 g/mol. The van der Waals surface area contributed by atoms with E-state index in [0.717, 1.165) is 22.9 Å². The Labute approximate surface area is 145 Å². The molecule has 3 aromatic rings. The molecule has 0 fully saturated rings. The largest absolute Gasteiger partial charge is 0.356 e. The van der Waals surface area contributed by atoms with Gasteiger partial charge in [0.15, 0.2) is 0 Å². The van der Waals surface area contributed by atoms with Crippen LogP contribution in [0.5, 0.6) is 0 Å². The molecule has 2 amide bonds. The number of nitrogens with zero attached hydrogens (tertiary/aromatic N) is 2. The molecule has 0 aliphatic rings. The molecule has 0 aliphatic carbocycles. The minimum atomic E-state index is -0.109. The summed E-state index contributed by atoms with van der Waals surface area (Å²) in [6.45, 7) is 2.30. The molecule has 25 heavy (non-hydrogen) atoms. The lowest BCUT2D eigenvalue weighted by Crippen LogP contribution is -2.22. The minimum Gasteiger partial charge on any atom is -0.356 e. The van der Waals surface area contributed by atoms with E-state index in [2.05, 4.69) is 15.6 Å². The van der Waals surface area contributed by atoms with Gasteiger partial charge in [0, 0.05) is 36.8 Å². The lowest BCUT2D eigenvalue weighted by Gasteiger charge is -2.06. The molecule has 0 spiro atoms. The molecule has 2 N–H and O–H groups in total. The second kappa shape index (κ2) is 7.61. The highest BCUT2D eigenvalue weighted by Crippen LogP contribution is 2.21. The first-order chi connectivity index (χ1) is 12.1. The number of carbonyl (C=O) groups is 2. The summed E-state index contributed by atoms with van der Waals surface area (Å²) in [5.41, 5.74) is 2.79. The molecule has 0 saturated heterocycles. The molecular formula is C19H20N4O2. The quantitative estimate of drug-likeness (QED) is 0.725. The second-order valence-electron chi connectivity index (χ2n) is 5.82. The van der Waals surface area contributed by atoms with Gasteiger partial charge in [0.05, 0.1) is 11.9 Å². The van der Waals surface area contributed by atoms with Gasteiger partial charge in [-0.3, -0.25) is 14.6 Å². The summed E-state index contributed by atoms with van der Waals surface area (Å²) in [7, 11) is 0. The maximum atomic E-state index is 12.3. The number of nitrogens with one attached hydrogen (secondary N) is 2. The van der Waals surface area contributed by atoms with Crippen molar-refractivity contribution in [2.75, 3.05) is 11.9 Å². The predicted molar refractivity (Wildman–Crippen MR) is 97.2 cm³/mol. The van der Waals surface area contributed by atoms with E-state index in [4.69, 9.17) is 0 Å². The standard InChI is InChI=1S/C19H20N4O2/c1-14(24)21-10-8-15-12-23(18-7-3-2-6-17(15)18)13-19(25)22-16-5-4-9-20-11-16/h2-7,9,11-12H,8,10,13H2,1H3,(H,21,24)(H,22,25). The van der Waals surface area contributed by atoms with Gasteiger partial charge in [0.25, 0.3) is 0 Å². The van der Waals surface area contributed by atoms with Crippen LogP contribution in [-0.4, -0.2) is 27.9 Å². The van der Waals surface area contributed by atoms with Crippen molar-refractivity contribution in [3.8, 4) is 0 Å². The number of hydrogen-bond donors (Lipinski definition) is 2. The third-order valence-electron chi connectivity index (χ3n) is 3.90. The van der Waals surface area contributed by atoms with Crippen LogP contribution in [0.1, 0.15) is 12.5 Å². The van der Waals surface area contributed by atoms with Gasteiger partial charge in [-0.25, -0.2) is 0 Å². The van der Waals surface area contributed by atoms with Crippen molar-refractivity contribution < 1.29 is 9.59 Å². The van der Waals surface area contributed by atoms with Crippen LogP contribution in [-0.2, 0) is 22.6 Å². The number of amides is 2. The van der Waals surface area contributed by atoms with E-state index in [1.54, 1.807) is 24.5 Å². The topological polar surface area (TPSA) is 76.0 Å². The maximum absolute atomic E-state index is 12.3. The van der Waals surface area contributed by atoms with Gasteiger partial charge in [-0.05, 0) is 30.2 Å². The highest BCUT2D eigenvalue weighted by atomic mass is 16.2. The number of para-hydroxylation sites is 1. The van der Waals surface area contributed by atoms with Crippen molar-refractivity contribution in [1.29, 1.82) is 0 Å². The first kappa shape index (κ1) is 16.7. The zero-order chi connectivity index (χ0) is 17.6. The van der Waals surface area contributed by atoms with Crippen LogP contribution in [0.4, 0.5) is 5.69 Å².